The van der Waals surface area contributed by atoms with E-state index in [4.69, 9.17) is 0 Å². The summed E-state index contributed by atoms with van der Waals surface area (Å²) in [6.07, 6.45) is 5.58. The summed E-state index contributed by atoms with van der Waals surface area (Å²) >= 11 is 0. The maximum Gasteiger partial charge on any atom is 0.158 e. The molecule has 0 unspecified atom stereocenters. The highest BCUT2D eigenvalue weighted by Gasteiger charge is 2.10. The third-order valence-corrected chi connectivity index (χ3v) is 2.24. The summed E-state index contributed by atoms with van der Waals surface area (Å²) in [5.74, 6) is 0.500. The predicted octanol–water partition coefficient (Wildman–Crippen LogP) is 2.09. The van der Waals surface area contributed by atoms with Gasteiger partial charge in [-0.2, -0.15) is 0 Å². The maximum atomic E-state index is 4.34. The van der Waals surface area contributed by atoms with E-state index in [0.29, 0.717) is 5.92 Å². The van der Waals surface area contributed by atoms with E-state index in [2.05, 4.69) is 30.0 Å². The van der Waals surface area contributed by atoms with Gasteiger partial charge in [0.1, 0.15) is 5.52 Å². The van der Waals surface area contributed by atoms with Crippen molar-refractivity contribution in [1.29, 1.82) is 0 Å². The molecule has 0 fully saturated rings. The van der Waals surface area contributed by atoms with E-state index in [1.807, 2.05) is 11.6 Å². The summed E-state index contributed by atoms with van der Waals surface area (Å²) < 4.78 is 2.03. The van der Waals surface area contributed by atoms with Crippen LogP contribution in [0.5, 0.6) is 0 Å². The number of fused-ring (bicyclic) bond motifs is 1. The largest absolute Gasteiger partial charge is 0.334 e. The van der Waals surface area contributed by atoms with Crippen LogP contribution < -0.4 is 0 Å². The lowest BCUT2D eigenvalue weighted by Gasteiger charge is -1.99. The minimum atomic E-state index is 0.500. The van der Waals surface area contributed by atoms with Crippen LogP contribution in [0.2, 0.25) is 0 Å². The minimum absolute atomic E-state index is 0.500. The van der Waals surface area contributed by atoms with Gasteiger partial charge in [0.05, 0.1) is 0 Å². The summed E-state index contributed by atoms with van der Waals surface area (Å²) in [5, 5.41) is 0. The number of hydrogen-bond donors (Lipinski definition) is 0. The summed E-state index contributed by atoms with van der Waals surface area (Å²) in [6.45, 7) is 4.34. The van der Waals surface area contributed by atoms with Crippen LogP contribution in [0.3, 0.4) is 0 Å². The molecular formula is C10H13N3. The van der Waals surface area contributed by atoms with Gasteiger partial charge in [-0.15, -0.1) is 0 Å². The number of aromatic nitrogens is 3. The van der Waals surface area contributed by atoms with Crippen LogP contribution >= 0.6 is 0 Å². The molecule has 2 rings (SSSR count). The van der Waals surface area contributed by atoms with Crippen molar-refractivity contribution in [3.05, 3.63) is 24.2 Å². The lowest BCUT2D eigenvalue weighted by molar-refractivity contribution is 0.854. The molecule has 2 aromatic heterocycles. The zero-order valence-corrected chi connectivity index (χ0v) is 8.15. The Kier molecular flexibility index (Phi) is 1.79. The lowest BCUT2D eigenvalue weighted by atomic mass is 10.1. The van der Waals surface area contributed by atoms with Crippen molar-refractivity contribution in [2.75, 3.05) is 0 Å². The third-order valence-electron chi connectivity index (χ3n) is 2.24. The summed E-state index contributed by atoms with van der Waals surface area (Å²) in [4.78, 5) is 8.62. The van der Waals surface area contributed by atoms with Crippen LogP contribution in [-0.4, -0.2) is 14.5 Å². The summed E-state index contributed by atoms with van der Waals surface area (Å²) in [5.41, 5.74) is 3.26. The van der Waals surface area contributed by atoms with Gasteiger partial charge < -0.3 is 4.57 Å². The number of aryl methyl sites for hydroxylation is 1. The molecule has 68 valence electrons. The fraction of sp³-hybridized carbons (Fsp3) is 0.400. The monoisotopic (exact) mass is 175 g/mol. The Morgan fingerprint density at radius 1 is 1.23 bits per heavy atom. The van der Waals surface area contributed by atoms with E-state index in [1.165, 1.54) is 5.56 Å². The molecule has 0 aliphatic heterocycles. The molecule has 13 heavy (non-hydrogen) atoms. The SMILES string of the molecule is CC(C)c1cn(C)c2nccnc12. The third kappa shape index (κ3) is 1.20. The first-order chi connectivity index (χ1) is 6.20. The molecular weight excluding hydrogens is 162 g/mol. The van der Waals surface area contributed by atoms with Crippen LogP contribution in [0, 0.1) is 0 Å². The Labute approximate surface area is 77.4 Å². The molecule has 0 aliphatic rings. The standard InChI is InChI=1S/C10H13N3/c1-7(2)8-6-13(3)10-9(8)11-4-5-12-10/h4-7H,1-3H3. The van der Waals surface area contributed by atoms with Crippen LogP contribution in [0.1, 0.15) is 25.3 Å². The topological polar surface area (TPSA) is 30.7 Å². The molecule has 0 atom stereocenters. The normalized spacial score (nSPS) is 11.4. The zero-order chi connectivity index (χ0) is 9.42. The number of hydrogen-bond acceptors (Lipinski definition) is 2. The first-order valence-electron chi connectivity index (χ1n) is 4.46. The quantitative estimate of drug-likeness (QED) is 0.664. The number of rotatable bonds is 1. The molecule has 0 aromatic carbocycles. The molecule has 0 saturated carbocycles. The minimum Gasteiger partial charge on any atom is -0.334 e. The van der Waals surface area contributed by atoms with E-state index in [9.17, 15) is 0 Å². The first-order valence-corrected chi connectivity index (χ1v) is 4.46. The highest BCUT2D eigenvalue weighted by atomic mass is 15.0. The van der Waals surface area contributed by atoms with Gasteiger partial charge in [0.25, 0.3) is 0 Å². The Hall–Kier alpha value is -1.38. The molecule has 2 heterocycles. The second-order valence-electron chi connectivity index (χ2n) is 3.58. The summed E-state index contributed by atoms with van der Waals surface area (Å²) in [7, 11) is 2.00. The van der Waals surface area contributed by atoms with Crippen molar-refractivity contribution in [2.45, 2.75) is 19.8 Å². The van der Waals surface area contributed by atoms with Crippen molar-refractivity contribution in [1.82, 2.24) is 14.5 Å². The molecule has 0 spiro atoms. The first kappa shape index (κ1) is 8.23. The van der Waals surface area contributed by atoms with Gasteiger partial charge in [-0.05, 0) is 5.92 Å². The molecule has 3 nitrogen and oxygen atoms in total. The van der Waals surface area contributed by atoms with Gasteiger partial charge in [-0.25, -0.2) is 4.98 Å². The summed E-state index contributed by atoms with van der Waals surface area (Å²) in [6, 6.07) is 0. The second-order valence-corrected chi connectivity index (χ2v) is 3.58. The molecule has 0 aliphatic carbocycles. The van der Waals surface area contributed by atoms with Gasteiger partial charge in [0.15, 0.2) is 5.65 Å². The maximum absolute atomic E-state index is 4.34. The van der Waals surface area contributed by atoms with Gasteiger partial charge in [0.2, 0.25) is 0 Å². The van der Waals surface area contributed by atoms with Crippen molar-refractivity contribution < 1.29 is 0 Å². The predicted molar refractivity (Wildman–Crippen MR) is 52.6 cm³/mol. The highest BCUT2D eigenvalue weighted by Crippen LogP contribution is 2.23. The fourth-order valence-corrected chi connectivity index (χ4v) is 1.55. The lowest BCUT2D eigenvalue weighted by Crippen LogP contribution is -1.87. The van der Waals surface area contributed by atoms with Crippen molar-refractivity contribution in [2.24, 2.45) is 7.05 Å². The van der Waals surface area contributed by atoms with E-state index in [-0.39, 0.29) is 0 Å². The Morgan fingerprint density at radius 2 is 1.92 bits per heavy atom. The fourth-order valence-electron chi connectivity index (χ4n) is 1.55. The molecule has 0 radical (unpaired) electrons. The molecule has 2 aromatic rings. The Bertz CT molecular complexity index is 429. The van der Waals surface area contributed by atoms with Crippen molar-refractivity contribution in [3.8, 4) is 0 Å². The Morgan fingerprint density at radius 3 is 2.62 bits per heavy atom. The van der Waals surface area contributed by atoms with Crippen LogP contribution in [0.15, 0.2) is 18.6 Å². The van der Waals surface area contributed by atoms with E-state index >= 15 is 0 Å². The van der Waals surface area contributed by atoms with Gasteiger partial charge >= 0.3 is 0 Å². The molecule has 0 N–H and O–H groups in total. The van der Waals surface area contributed by atoms with E-state index < -0.39 is 0 Å². The average molecular weight is 175 g/mol. The van der Waals surface area contributed by atoms with Gasteiger partial charge in [0, 0.05) is 31.2 Å². The Balaban J connectivity index is 2.78. The van der Waals surface area contributed by atoms with Crippen LogP contribution in [-0.2, 0) is 7.05 Å². The molecule has 0 bridgehead atoms. The second kappa shape index (κ2) is 2.83. The van der Waals surface area contributed by atoms with Crippen molar-refractivity contribution in [3.63, 3.8) is 0 Å². The van der Waals surface area contributed by atoms with Gasteiger partial charge in [-0.3, -0.25) is 4.98 Å². The molecule has 0 saturated heterocycles. The number of nitrogens with zero attached hydrogens (tertiary/aromatic N) is 3. The molecule has 3 heteroatoms. The van der Waals surface area contributed by atoms with Crippen LogP contribution in [0.25, 0.3) is 11.2 Å². The zero-order valence-electron chi connectivity index (χ0n) is 8.15. The average Bonchev–Trinajstić information content (AvgIpc) is 2.45. The van der Waals surface area contributed by atoms with E-state index in [1.54, 1.807) is 12.4 Å². The van der Waals surface area contributed by atoms with Crippen molar-refractivity contribution >= 4 is 11.2 Å². The van der Waals surface area contributed by atoms with Crippen LogP contribution in [0.4, 0.5) is 0 Å². The highest BCUT2D eigenvalue weighted by molar-refractivity contribution is 5.76. The van der Waals surface area contributed by atoms with E-state index in [0.717, 1.165) is 11.2 Å². The smallest absolute Gasteiger partial charge is 0.158 e. The van der Waals surface area contributed by atoms with Gasteiger partial charge in [-0.1, -0.05) is 13.8 Å². The molecule has 0 amide bonds.